The summed E-state index contributed by atoms with van der Waals surface area (Å²) >= 11 is 1.79. The average Bonchev–Trinajstić information content (AvgIpc) is 2.75. The number of aliphatic hydroxyl groups is 1. The highest BCUT2D eigenvalue weighted by atomic mass is 32.2. The molecule has 0 amide bonds. The van der Waals surface area contributed by atoms with E-state index >= 15 is 0 Å². The lowest BCUT2D eigenvalue weighted by atomic mass is 10.2. The molecule has 8 heteroatoms. The second kappa shape index (κ2) is 7.88. The maximum absolute atomic E-state index is 12.1. The highest BCUT2D eigenvalue weighted by molar-refractivity contribution is 7.98. The summed E-state index contributed by atoms with van der Waals surface area (Å²) in [6.45, 7) is 1.64. The molecule has 0 radical (unpaired) electrons. The maximum Gasteiger partial charge on any atom is 0.244 e. The number of aliphatic hydroxyl groups excluding tert-OH is 1. The molecule has 3 N–H and O–H groups in total. The number of nitrogens with one attached hydrogen (secondary N) is 2. The van der Waals surface area contributed by atoms with Gasteiger partial charge in [-0.15, -0.1) is 0 Å². The van der Waals surface area contributed by atoms with Gasteiger partial charge < -0.3 is 5.11 Å². The number of aryl methyl sites for hydroxylation is 1. The number of hydrogen-bond acceptors (Lipinski definition) is 5. The van der Waals surface area contributed by atoms with Crippen molar-refractivity contribution < 1.29 is 13.5 Å². The molecule has 1 heterocycles. The van der Waals surface area contributed by atoms with Crippen LogP contribution in [0, 0.1) is 6.92 Å². The highest BCUT2D eigenvalue weighted by Crippen LogP contribution is 2.17. The molecular weight excluding hydrogens is 286 g/mol. The van der Waals surface area contributed by atoms with Crippen molar-refractivity contribution in [1.82, 2.24) is 14.9 Å². The predicted octanol–water partition coefficient (Wildman–Crippen LogP) is 1.02. The maximum atomic E-state index is 12.1. The van der Waals surface area contributed by atoms with Crippen molar-refractivity contribution in [2.75, 3.05) is 18.6 Å². The summed E-state index contributed by atoms with van der Waals surface area (Å²) in [6, 6.07) is 0. The standard InChI is InChI=1S/C11H21N3O3S2/c1-9-11(10(8-15)14-13-9)19(16,17)12-6-4-3-5-7-18-2/h12,15H,3-8H2,1-2H3,(H,13,14). The van der Waals surface area contributed by atoms with E-state index in [4.69, 9.17) is 5.11 Å². The minimum absolute atomic E-state index is 0.0686. The summed E-state index contributed by atoms with van der Waals surface area (Å²) in [7, 11) is -3.59. The van der Waals surface area contributed by atoms with Gasteiger partial charge in [0.2, 0.25) is 10.0 Å². The molecule has 0 spiro atoms. The molecule has 0 aromatic carbocycles. The van der Waals surface area contributed by atoms with Crippen LogP contribution in [0.25, 0.3) is 0 Å². The van der Waals surface area contributed by atoms with Gasteiger partial charge in [-0.25, -0.2) is 13.1 Å². The van der Waals surface area contributed by atoms with Gasteiger partial charge in [0.15, 0.2) is 0 Å². The third kappa shape index (κ3) is 4.79. The first-order valence-electron chi connectivity index (χ1n) is 6.16. The van der Waals surface area contributed by atoms with Crippen molar-refractivity contribution in [2.45, 2.75) is 37.7 Å². The van der Waals surface area contributed by atoms with E-state index in [-0.39, 0.29) is 10.6 Å². The second-order valence-electron chi connectivity index (χ2n) is 4.23. The number of thioether (sulfide) groups is 1. The van der Waals surface area contributed by atoms with Crippen molar-refractivity contribution in [3.05, 3.63) is 11.4 Å². The highest BCUT2D eigenvalue weighted by Gasteiger charge is 2.23. The fourth-order valence-electron chi connectivity index (χ4n) is 1.76. The lowest BCUT2D eigenvalue weighted by Gasteiger charge is -2.07. The Morgan fingerprint density at radius 2 is 2.11 bits per heavy atom. The fraction of sp³-hybridized carbons (Fsp3) is 0.727. The van der Waals surface area contributed by atoms with Crippen LogP contribution in [0.1, 0.15) is 30.7 Å². The van der Waals surface area contributed by atoms with Gasteiger partial charge in [-0.2, -0.15) is 16.9 Å². The molecule has 0 aliphatic carbocycles. The fourth-order valence-corrected chi connectivity index (χ4v) is 3.68. The van der Waals surface area contributed by atoms with Gasteiger partial charge in [0, 0.05) is 6.54 Å². The lowest BCUT2D eigenvalue weighted by Crippen LogP contribution is -2.26. The Morgan fingerprint density at radius 3 is 2.74 bits per heavy atom. The molecule has 110 valence electrons. The Morgan fingerprint density at radius 1 is 1.37 bits per heavy atom. The molecular formula is C11H21N3O3S2. The summed E-state index contributed by atoms with van der Waals surface area (Å²) in [5.41, 5.74) is 0.603. The summed E-state index contributed by atoms with van der Waals surface area (Å²) in [6.07, 6.45) is 4.96. The largest absolute Gasteiger partial charge is 0.390 e. The van der Waals surface area contributed by atoms with Crippen LogP contribution in [0.2, 0.25) is 0 Å². The molecule has 0 unspecified atom stereocenters. The Labute approximate surface area is 118 Å². The predicted molar refractivity (Wildman–Crippen MR) is 76.7 cm³/mol. The van der Waals surface area contributed by atoms with Crippen molar-refractivity contribution in [1.29, 1.82) is 0 Å². The van der Waals surface area contributed by atoms with E-state index in [1.165, 1.54) is 0 Å². The Hall–Kier alpha value is -0.570. The van der Waals surface area contributed by atoms with Crippen molar-refractivity contribution in [2.24, 2.45) is 0 Å². The van der Waals surface area contributed by atoms with Crippen LogP contribution in [0.4, 0.5) is 0 Å². The van der Waals surface area contributed by atoms with Gasteiger partial charge >= 0.3 is 0 Å². The van der Waals surface area contributed by atoms with Gasteiger partial charge in [-0.3, -0.25) is 5.10 Å². The van der Waals surface area contributed by atoms with Crippen LogP contribution in [0.3, 0.4) is 0 Å². The molecule has 1 aromatic heterocycles. The van der Waals surface area contributed by atoms with Crippen LogP contribution in [-0.2, 0) is 16.6 Å². The molecule has 6 nitrogen and oxygen atoms in total. The van der Waals surface area contributed by atoms with Crippen molar-refractivity contribution >= 4 is 21.8 Å². The zero-order valence-electron chi connectivity index (χ0n) is 11.3. The topological polar surface area (TPSA) is 95.1 Å². The van der Waals surface area contributed by atoms with Gasteiger partial charge in [0.25, 0.3) is 0 Å². The zero-order chi connectivity index (χ0) is 14.3. The SMILES string of the molecule is CSCCCCCNS(=O)(=O)c1c(CO)n[nH]c1C. The van der Waals surface area contributed by atoms with E-state index in [1.807, 2.05) is 0 Å². The van der Waals surface area contributed by atoms with Crippen molar-refractivity contribution in [3.8, 4) is 0 Å². The number of sulfonamides is 1. The van der Waals surface area contributed by atoms with Crippen LogP contribution in [0.15, 0.2) is 4.90 Å². The Balaban J connectivity index is 2.54. The zero-order valence-corrected chi connectivity index (χ0v) is 12.9. The molecule has 0 saturated heterocycles. The quantitative estimate of drug-likeness (QED) is 0.592. The molecule has 0 atom stereocenters. The third-order valence-electron chi connectivity index (χ3n) is 2.70. The summed E-state index contributed by atoms with van der Waals surface area (Å²) in [4.78, 5) is 0.0686. The third-order valence-corrected chi connectivity index (χ3v) is 5.06. The molecule has 0 saturated carbocycles. The first-order valence-corrected chi connectivity index (χ1v) is 9.04. The number of hydrogen-bond donors (Lipinski definition) is 3. The van der Waals surface area contributed by atoms with Crippen LogP contribution in [-0.4, -0.2) is 42.3 Å². The Bertz CT molecular complexity index is 485. The number of aromatic nitrogens is 2. The smallest absolute Gasteiger partial charge is 0.244 e. The molecule has 1 aromatic rings. The molecule has 0 aliphatic heterocycles. The van der Waals surface area contributed by atoms with Gasteiger partial charge in [-0.05, 0) is 31.8 Å². The first-order chi connectivity index (χ1) is 9.03. The Kier molecular flexibility index (Phi) is 6.84. The minimum Gasteiger partial charge on any atom is -0.390 e. The molecule has 0 fully saturated rings. The van der Waals surface area contributed by atoms with E-state index in [0.717, 1.165) is 25.0 Å². The van der Waals surface area contributed by atoms with E-state index in [0.29, 0.717) is 12.2 Å². The molecule has 0 bridgehead atoms. The number of nitrogens with zero attached hydrogens (tertiary/aromatic N) is 1. The van der Waals surface area contributed by atoms with Gasteiger partial charge in [0.1, 0.15) is 10.6 Å². The summed E-state index contributed by atoms with van der Waals surface area (Å²) in [5.74, 6) is 1.10. The number of aromatic amines is 1. The molecule has 19 heavy (non-hydrogen) atoms. The van der Waals surface area contributed by atoms with Crippen LogP contribution in [0.5, 0.6) is 0 Å². The average molecular weight is 307 g/mol. The molecule has 1 rings (SSSR count). The normalized spacial score (nSPS) is 11.9. The number of rotatable bonds is 9. The van der Waals surface area contributed by atoms with E-state index in [2.05, 4.69) is 21.2 Å². The summed E-state index contributed by atoms with van der Waals surface area (Å²) in [5, 5.41) is 15.4. The number of H-pyrrole nitrogens is 1. The minimum atomic E-state index is -3.59. The van der Waals surface area contributed by atoms with E-state index in [1.54, 1.807) is 18.7 Å². The van der Waals surface area contributed by atoms with Gasteiger partial charge in [-0.1, -0.05) is 6.42 Å². The van der Waals surface area contributed by atoms with Gasteiger partial charge in [0.05, 0.1) is 12.3 Å². The first kappa shape index (κ1) is 16.5. The van der Waals surface area contributed by atoms with Crippen LogP contribution < -0.4 is 4.72 Å². The van der Waals surface area contributed by atoms with Crippen LogP contribution >= 0.6 is 11.8 Å². The van der Waals surface area contributed by atoms with E-state index in [9.17, 15) is 8.42 Å². The van der Waals surface area contributed by atoms with Crippen molar-refractivity contribution in [3.63, 3.8) is 0 Å². The summed E-state index contributed by atoms with van der Waals surface area (Å²) < 4.78 is 26.7. The monoisotopic (exact) mass is 307 g/mol. The lowest BCUT2D eigenvalue weighted by molar-refractivity contribution is 0.273. The second-order valence-corrected chi connectivity index (χ2v) is 6.92. The van der Waals surface area contributed by atoms with E-state index < -0.39 is 16.6 Å². The number of unbranched alkanes of at least 4 members (excludes halogenated alkanes) is 2. The molecule has 0 aliphatic rings.